The predicted molar refractivity (Wildman–Crippen MR) is 95.7 cm³/mol. The van der Waals surface area contributed by atoms with Crippen molar-refractivity contribution < 1.29 is 36.0 Å². The number of nitrogens with zero attached hydrogens (tertiary/aromatic N) is 1. The van der Waals surface area contributed by atoms with Gasteiger partial charge in [0.1, 0.15) is 10.5 Å². The fourth-order valence-corrected chi connectivity index (χ4v) is 4.42. The highest BCUT2D eigenvalue weighted by Gasteiger charge is 2.39. The van der Waals surface area contributed by atoms with E-state index in [1.807, 2.05) is 0 Å². The Morgan fingerprint density at radius 1 is 1.00 bits per heavy atom. The minimum atomic E-state index is -4.88. The van der Waals surface area contributed by atoms with Gasteiger partial charge < -0.3 is 9.57 Å². The van der Waals surface area contributed by atoms with Crippen molar-refractivity contribution in [2.45, 2.75) is 50.0 Å². The molecule has 0 N–H and O–H groups in total. The van der Waals surface area contributed by atoms with Crippen molar-refractivity contribution in [1.82, 2.24) is 4.47 Å². The Morgan fingerprint density at radius 2 is 1.48 bits per heavy atom. The Kier molecular flexibility index (Phi) is 6.66. The molecule has 0 saturated heterocycles. The van der Waals surface area contributed by atoms with Crippen LogP contribution in [0.1, 0.15) is 34.6 Å². The maximum atomic E-state index is 13.0. The van der Waals surface area contributed by atoms with E-state index in [1.54, 1.807) is 0 Å². The average molecular weight is 421 g/mol. The molecule has 1 aromatic carbocycles. The molecule has 0 fully saturated rings. The van der Waals surface area contributed by atoms with E-state index in [-0.39, 0.29) is 4.47 Å². The number of carbonyl (C=O) groups excluding carboxylic acids is 2. The molecular weight excluding hydrogens is 398 g/mol. The van der Waals surface area contributed by atoms with E-state index >= 15 is 0 Å². The molecule has 0 aliphatic rings. The summed E-state index contributed by atoms with van der Waals surface area (Å²) in [6.45, 7) is 7.35. The fourth-order valence-electron chi connectivity index (χ4n) is 1.73. The van der Waals surface area contributed by atoms with Gasteiger partial charge >= 0.3 is 22.1 Å². The summed E-state index contributed by atoms with van der Waals surface area (Å²) in [4.78, 5) is 27.8. The van der Waals surface area contributed by atoms with Crippen LogP contribution in [0.15, 0.2) is 34.1 Å². The molecule has 0 bridgehead atoms. The SMILES string of the molecule is CC(C)C(=O)ON(C(=O)OC(C)(C)C)S(=O)(=O)c1ccccc1S(C)(=O)=O. The zero-order valence-electron chi connectivity index (χ0n) is 15.9. The minimum Gasteiger partial charge on any atom is -0.441 e. The highest BCUT2D eigenvalue weighted by molar-refractivity contribution is 7.93. The van der Waals surface area contributed by atoms with Gasteiger partial charge in [-0.25, -0.2) is 18.0 Å². The number of ether oxygens (including phenoxy) is 1. The van der Waals surface area contributed by atoms with Crippen LogP contribution >= 0.6 is 0 Å². The number of hydroxylamine groups is 1. The zero-order valence-corrected chi connectivity index (χ0v) is 17.5. The van der Waals surface area contributed by atoms with Crippen LogP contribution < -0.4 is 0 Å². The van der Waals surface area contributed by atoms with Crippen LogP contribution in [-0.4, -0.2) is 45.2 Å². The summed E-state index contributed by atoms with van der Waals surface area (Å²) in [6.07, 6.45) is -0.654. The van der Waals surface area contributed by atoms with Gasteiger partial charge in [0.05, 0.1) is 10.8 Å². The van der Waals surface area contributed by atoms with Gasteiger partial charge in [-0.3, -0.25) is 0 Å². The van der Waals surface area contributed by atoms with Crippen molar-refractivity contribution in [3.8, 4) is 0 Å². The molecule has 0 aliphatic heterocycles. The Hall–Kier alpha value is -2.14. The molecule has 27 heavy (non-hydrogen) atoms. The molecule has 0 radical (unpaired) electrons. The first-order chi connectivity index (χ1) is 12.1. The molecule has 0 spiro atoms. The number of benzene rings is 1. The lowest BCUT2D eigenvalue weighted by Gasteiger charge is -2.26. The van der Waals surface area contributed by atoms with E-state index < -0.39 is 53.2 Å². The second kappa shape index (κ2) is 7.85. The molecule has 1 aromatic rings. The highest BCUT2D eigenvalue weighted by Crippen LogP contribution is 2.26. The number of carbonyl (C=O) groups is 2. The van der Waals surface area contributed by atoms with Gasteiger partial charge in [-0.2, -0.15) is 8.42 Å². The van der Waals surface area contributed by atoms with Crippen molar-refractivity contribution >= 4 is 31.9 Å². The lowest BCUT2D eigenvalue weighted by atomic mass is 10.2. The molecule has 0 atom stereocenters. The second-order valence-electron chi connectivity index (χ2n) is 7.00. The smallest absolute Gasteiger partial charge is 0.441 e. The Morgan fingerprint density at radius 3 is 1.89 bits per heavy atom. The molecule has 1 rings (SSSR count). The molecule has 0 aromatic heterocycles. The second-order valence-corrected chi connectivity index (χ2v) is 10.7. The summed E-state index contributed by atoms with van der Waals surface area (Å²) in [7, 11) is -8.83. The van der Waals surface area contributed by atoms with Gasteiger partial charge in [0.2, 0.25) is 0 Å². The molecule has 152 valence electrons. The fraction of sp³-hybridized carbons (Fsp3) is 0.500. The van der Waals surface area contributed by atoms with Crippen LogP contribution in [0, 0.1) is 5.92 Å². The number of rotatable bonds is 4. The monoisotopic (exact) mass is 421 g/mol. The number of sulfone groups is 1. The quantitative estimate of drug-likeness (QED) is 0.677. The molecule has 1 amide bonds. The minimum absolute atomic E-state index is 0.218. The number of hydrogen-bond donors (Lipinski definition) is 0. The normalized spacial score (nSPS) is 12.6. The van der Waals surface area contributed by atoms with Crippen molar-refractivity contribution in [1.29, 1.82) is 0 Å². The summed E-state index contributed by atoms with van der Waals surface area (Å²) in [5.74, 6) is -1.77. The molecule has 0 saturated carbocycles. The average Bonchev–Trinajstić information content (AvgIpc) is 2.49. The number of hydrogen-bond acceptors (Lipinski definition) is 8. The molecule has 0 unspecified atom stereocenters. The Labute approximate surface area is 159 Å². The first kappa shape index (κ1) is 22.9. The lowest BCUT2D eigenvalue weighted by Crippen LogP contribution is -2.43. The standard InChI is InChI=1S/C16H23NO8S2/c1-11(2)14(18)25-17(15(19)24-16(3,4)5)27(22,23)13-10-8-7-9-12(13)26(6,20)21/h7-11H,1-6H3. The summed E-state index contributed by atoms with van der Waals surface area (Å²) < 4.78 is 54.6. The summed E-state index contributed by atoms with van der Waals surface area (Å²) in [6, 6.07) is 4.67. The van der Waals surface area contributed by atoms with E-state index in [1.165, 1.54) is 46.8 Å². The molecule has 9 nitrogen and oxygen atoms in total. The van der Waals surface area contributed by atoms with Crippen LogP contribution in [0.3, 0.4) is 0 Å². The molecule has 0 heterocycles. The van der Waals surface area contributed by atoms with Crippen LogP contribution in [0.4, 0.5) is 4.79 Å². The summed E-state index contributed by atoms with van der Waals surface area (Å²) in [5.41, 5.74) is -1.09. The maximum absolute atomic E-state index is 13.0. The third-order valence-corrected chi connectivity index (χ3v) is 5.79. The van der Waals surface area contributed by atoms with Gasteiger partial charge in [-0.15, -0.1) is 0 Å². The van der Waals surface area contributed by atoms with E-state index in [9.17, 15) is 26.4 Å². The largest absolute Gasteiger partial charge is 0.459 e. The van der Waals surface area contributed by atoms with E-state index in [4.69, 9.17) is 9.57 Å². The van der Waals surface area contributed by atoms with Gasteiger partial charge in [0.15, 0.2) is 9.84 Å². The third kappa shape index (κ3) is 5.93. The maximum Gasteiger partial charge on any atom is 0.459 e. The summed E-state index contributed by atoms with van der Waals surface area (Å²) in [5, 5.41) is 0. The topological polar surface area (TPSA) is 124 Å². The van der Waals surface area contributed by atoms with Gasteiger partial charge in [0.25, 0.3) is 0 Å². The van der Waals surface area contributed by atoms with Crippen molar-refractivity contribution in [3.05, 3.63) is 24.3 Å². The van der Waals surface area contributed by atoms with Gasteiger partial charge in [-0.05, 0) is 37.4 Å². The Balaban J connectivity index is 3.57. The van der Waals surface area contributed by atoms with Crippen LogP contribution in [-0.2, 0) is 34.2 Å². The van der Waals surface area contributed by atoms with Crippen LogP contribution in [0.2, 0.25) is 0 Å². The van der Waals surface area contributed by atoms with Crippen molar-refractivity contribution in [2.24, 2.45) is 5.92 Å². The molecule has 11 heteroatoms. The first-order valence-corrected chi connectivity index (χ1v) is 11.2. The van der Waals surface area contributed by atoms with E-state index in [0.29, 0.717) is 0 Å². The Bertz CT molecular complexity index is 927. The first-order valence-electron chi connectivity index (χ1n) is 7.86. The summed E-state index contributed by atoms with van der Waals surface area (Å²) >= 11 is 0. The molecular formula is C16H23NO8S2. The lowest BCUT2D eigenvalue weighted by molar-refractivity contribution is -0.170. The van der Waals surface area contributed by atoms with Crippen LogP contribution in [0.5, 0.6) is 0 Å². The predicted octanol–water partition coefficient (Wildman–Crippen LogP) is 2.13. The zero-order chi connectivity index (χ0) is 21.2. The van der Waals surface area contributed by atoms with Crippen LogP contribution in [0.25, 0.3) is 0 Å². The van der Waals surface area contributed by atoms with Crippen molar-refractivity contribution in [2.75, 3.05) is 6.26 Å². The molecule has 0 aliphatic carbocycles. The third-order valence-electron chi connectivity index (χ3n) is 2.93. The van der Waals surface area contributed by atoms with Gasteiger partial charge in [0, 0.05) is 6.26 Å². The number of amides is 1. The highest BCUT2D eigenvalue weighted by atomic mass is 32.2. The van der Waals surface area contributed by atoms with Crippen molar-refractivity contribution in [3.63, 3.8) is 0 Å². The number of sulfonamides is 1. The van der Waals surface area contributed by atoms with Gasteiger partial charge in [-0.1, -0.05) is 26.0 Å². The van der Waals surface area contributed by atoms with E-state index in [2.05, 4.69) is 0 Å². The van der Waals surface area contributed by atoms with E-state index in [0.717, 1.165) is 18.4 Å².